The Bertz CT molecular complexity index is 821. The van der Waals surface area contributed by atoms with E-state index in [1.807, 2.05) is 56.3 Å². The summed E-state index contributed by atoms with van der Waals surface area (Å²) in [5, 5.41) is 0. The molecular formula is C22H18O2. The predicted molar refractivity (Wildman–Crippen MR) is 95.7 cm³/mol. The highest BCUT2D eigenvalue weighted by Gasteiger charge is 2.18. The van der Waals surface area contributed by atoms with Crippen LogP contribution in [0.3, 0.4) is 0 Å². The summed E-state index contributed by atoms with van der Waals surface area (Å²) in [7, 11) is 0. The Labute approximate surface area is 141 Å². The molecule has 0 saturated carbocycles. The third-order valence-corrected chi connectivity index (χ3v) is 4.13. The average molecular weight is 314 g/mol. The smallest absolute Gasteiger partial charge is 0.193 e. The van der Waals surface area contributed by atoms with E-state index in [9.17, 15) is 9.59 Å². The molecule has 0 spiro atoms. The van der Waals surface area contributed by atoms with Crippen LogP contribution in [0.25, 0.3) is 0 Å². The predicted octanol–water partition coefficient (Wildman–Crippen LogP) is 4.77. The van der Waals surface area contributed by atoms with Gasteiger partial charge in [-0.25, -0.2) is 0 Å². The van der Waals surface area contributed by atoms with E-state index in [0.717, 1.165) is 11.1 Å². The van der Waals surface area contributed by atoms with Gasteiger partial charge in [-0.3, -0.25) is 9.59 Å². The van der Waals surface area contributed by atoms with E-state index in [1.165, 1.54) is 0 Å². The summed E-state index contributed by atoms with van der Waals surface area (Å²) < 4.78 is 0. The van der Waals surface area contributed by atoms with Gasteiger partial charge in [0.15, 0.2) is 11.6 Å². The van der Waals surface area contributed by atoms with Gasteiger partial charge in [-0.15, -0.1) is 0 Å². The Hall–Kier alpha value is -3.00. The molecule has 2 nitrogen and oxygen atoms in total. The molecule has 0 bridgehead atoms. The molecule has 0 saturated heterocycles. The molecule has 0 unspecified atom stereocenters. The summed E-state index contributed by atoms with van der Waals surface area (Å²) in [6.45, 7) is 3.81. The summed E-state index contributed by atoms with van der Waals surface area (Å²) in [5.41, 5.74) is 4.17. The second-order valence-electron chi connectivity index (χ2n) is 5.87. The first-order valence-electron chi connectivity index (χ1n) is 7.88. The summed E-state index contributed by atoms with van der Waals surface area (Å²) in [5.74, 6) is -0.120. The van der Waals surface area contributed by atoms with Gasteiger partial charge in [0.25, 0.3) is 0 Å². The van der Waals surface area contributed by atoms with Crippen LogP contribution in [0.2, 0.25) is 0 Å². The molecule has 3 aromatic rings. The first kappa shape index (κ1) is 15.9. The molecule has 0 atom stereocenters. The van der Waals surface area contributed by atoms with Crippen LogP contribution in [-0.2, 0) is 0 Å². The van der Waals surface area contributed by atoms with Crippen molar-refractivity contribution in [1.29, 1.82) is 0 Å². The Morgan fingerprint density at radius 2 is 0.958 bits per heavy atom. The zero-order valence-corrected chi connectivity index (χ0v) is 13.7. The van der Waals surface area contributed by atoms with E-state index in [4.69, 9.17) is 0 Å². The van der Waals surface area contributed by atoms with Crippen molar-refractivity contribution in [3.05, 3.63) is 106 Å². The lowest BCUT2D eigenvalue weighted by molar-refractivity contribution is 0.103. The number of hydrogen-bond donors (Lipinski definition) is 0. The van der Waals surface area contributed by atoms with Gasteiger partial charge in [0.05, 0.1) is 0 Å². The van der Waals surface area contributed by atoms with Gasteiger partial charge in [0.2, 0.25) is 0 Å². The number of benzene rings is 3. The largest absolute Gasteiger partial charge is 0.289 e. The van der Waals surface area contributed by atoms with Crippen molar-refractivity contribution in [2.75, 3.05) is 0 Å². The second-order valence-corrected chi connectivity index (χ2v) is 5.87. The summed E-state index contributed by atoms with van der Waals surface area (Å²) in [6, 6.07) is 21.9. The molecule has 0 aliphatic rings. The van der Waals surface area contributed by atoms with Crippen LogP contribution in [0, 0.1) is 13.8 Å². The average Bonchev–Trinajstić information content (AvgIpc) is 2.62. The molecule has 0 fully saturated rings. The lowest BCUT2D eigenvalue weighted by Gasteiger charge is -2.11. The molecule has 24 heavy (non-hydrogen) atoms. The molecule has 3 aromatic carbocycles. The highest BCUT2D eigenvalue weighted by atomic mass is 16.1. The molecular weight excluding hydrogens is 296 g/mol. The lowest BCUT2D eigenvalue weighted by Crippen LogP contribution is -2.09. The van der Waals surface area contributed by atoms with E-state index in [2.05, 4.69) is 0 Å². The van der Waals surface area contributed by atoms with Crippen molar-refractivity contribution in [3.8, 4) is 0 Å². The Morgan fingerprint density at radius 1 is 0.583 bits per heavy atom. The Balaban J connectivity index is 2.07. The first-order valence-corrected chi connectivity index (χ1v) is 7.88. The number of ketones is 2. The van der Waals surface area contributed by atoms with Crippen molar-refractivity contribution < 1.29 is 9.59 Å². The number of aryl methyl sites for hydroxylation is 2. The van der Waals surface area contributed by atoms with Crippen molar-refractivity contribution in [3.63, 3.8) is 0 Å². The fourth-order valence-corrected chi connectivity index (χ4v) is 2.83. The number of hydrogen-bond acceptors (Lipinski definition) is 2. The molecule has 118 valence electrons. The normalized spacial score (nSPS) is 10.4. The SMILES string of the molecule is Cc1cc(C)c(C(=O)c2ccccc2)cc1C(=O)c1ccccc1. The minimum atomic E-state index is -0.0600. The number of carbonyl (C=O) groups is 2. The fraction of sp³-hybridized carbons (Fsp3) is 0.0909. The first-order chi connectivity index (χ1) is 11.6. The standard InChI is InChI=1S/C22H18O2/c1-15-13-16(2)20(22(24)18-11-7-4-8-12-18)14-19(15)21(23)17-9-5-3-6-10-17/h3-14H,1-2H3. The van der Waals surface area contributed by atoms with Crippen LogP contribution < -0.4 is 0 Å². The van der Waals surface area contributed by atoms with E-state index in [-0.39, 0.29) is 11.6 Å². The zero-order chi connectivity index (χ0) is 17.1. The van der Waals surface area contributed by atoms with Gasteiger partial charge in [0, 0.05) is 22.3 Å². The molecule has 2 heteroatoms. The van der Waals surface area contributed by atoms with Crippen LogP contribution in [0.5, 0.6) is 0 Å². The molecule has 0 N–H and O–H groups in total. The summed E-state index contributed by atoms with van der Waals surface area (Å²) in [4.78, 5) is 25.6. The van der Waals surface area contributed by atoms with Crippen LogP contribution in [-0.4, -0.2) is 11.6 Å². The minimum absolute atomic E-state index is 0.0600. The van der Waals surface area contributed by atoms with Crippen LogP contribution >= 0.6 is 0 Å². The van der Waals surface area contributed by atoms with E-state index < -0.39 is 0 Å². The van der Waals surface area contributed by atoms with Gasteiger partial charge in [-0.2, -0.15) is 0 Å². The van der Waals surface area contributed by atoms with Crippen molar-refractivity contribution in [2.45, 2.75) is 13.8 Å². The maximum absolute atomic E-state index is 12.8. The molecule has 0 aromatic heterocycles. The molecule has 0 aliphatic carbocycles. The summed E-state index contributed by atoms with van der Waals surface area (Å²) in [6.07, 6.45) is 0. The van der Waals surface area contributed by atoms with Gasteiger partial charge in [-0.1, -0.05) is 66.7 Å². The second kappa shape index (κ2) is 6.63. The Kier molecular flexibility index (Phi) is 4.39. The molecule has 0 aliphatic heterocycles. The zero-order valence-electron chi connectivity index (χ0n) is 13.7. The highest BCUT2D eigenvalue weighted by Crippen LogP contribution is 2.22. The van der Waals surface area contributed by atoms with E-state index in [0.29, 0.717) is 22.3 Å². The van der Waals surface area contributed by atoms with E-state index >= 15 is 0 Å². The quantitative estimate of drug-likeness (QED) is 0.650. The Morgan fingerprint density at radius 3 is 1.33 bits per heavy atom. The van der Waals surface area contributed by atoms with Gasteiger partial charge < -0.3 is 0 Å². The van der Waals surface area contributed by atoms with Gasteiger partial charge in [-0.05, 0) is 31.0 Å². The fourth-order valence-electron chi connectivity index (χ4n) is 2.83. The maximum Gasteiger partial charge on any atom is 0.193 e. The van der Waals surface area contributed by atoms with Gasteiger partial charge in [0.1, 0.15) is 0 Å². The molecule has 3 rings (SSSR count). The van der Waals surface area contributed by atoms with E-state index in [1.54, 1.807) is 30.3 Å². The highest BCUT2D eigenvalue weighted by molar-refractivity contribution is 6.14. The van der Waals surface area contributed by atoms with Crippen molar-refractivity contribution >= 4 is 11.6 Å². The third kappa shape index (κ3) is 3.04. The van der Waals surface area contributed by atoms with Gasteiger partial charge >= 0.3 is 0 Å². The number of rotatable bonds is 4. The third-order valence-electron chi connectivity index (χ3n) is 4.13. The van der Waals surface area contributed by atoms with Crippen LogP contribution in [0.15, 0.2) is 72.8 Å². The minimum Gasteiger partial charge on any atom is -0.289 e. The lowest BCUT2D eigenvalue weighted by atomic mass is 9.91. The van der Waals surface area contributed by atoms with Crippen LogP contribution in [0.1, 0.15) is 43.0 Å². The molecule has 0 heterocycles. The van der Waals surface area contributed by atoms with Crippen LogP contribution in [0.4, 0.5) is 0 Å². The number of carbonyl (C=O) groups excluding carboxylic acids is 2. The maximum atomic E-state index is 12.8. The molecule has 0 radical (unpaired) electrons. The molecule has 0 amide bonds. The monoisotopic (exact) mass is 314 g/mol. The van der Waals surface area contributed by atoms with Crippen molar-refractivity contribution in [2.24, 2.45) is 0 Å². The summed E-state index contributed by atoms with van der Waals surface area (Å²) >= 11 is 0. The topological polar surface area (TPSA) is 34.1 Å². The van der Waals surface area contributed by atoms with Crippen molar-refractivity contribution in [1.82, 2.24) is 0 Å².